The van der Waals surface area contributed by atoms with Crippen LogP contribution in [0, 0.1) is 0 Å². The number of hydrogen-bond donors (Lipinski definition) is 1. The van der Waals surface area contributed by atoms with Crippen LogP contribution < -0.4 is 10.1 Å². The molecule has 1 aliphatic rings. The van der Waals surface area contributed by atoms with Crippen molar-refractivity contribution in [2.45, 2.75) is 38.0 Å². The van der Waals surface area contributed by atoms with Crippen LogP contribution in [0.5, 0.6) is 5.75 Å². The Bertz CT molecular complexity index is 356. The molecule has 0 spiro atoms. The van der Waals surface area contributed by atoms with Gasteiger partial charge < -0.3 is 10.1 Å². The summed E-state index contributed by atoms with van der Waals surface area (Å²) in [7, 11) is 3.75. The Labute approximate surface area is 104 Å². The summed E-state index contributed by atoms with van der Waals surface area (Å²) in [5.74, 6) is 1.82. The molecular weight excluding hydrogens is 210 g/mol. The molecule has 0 heterocycles. The highest BCUT2D eigenvalue weighted by atomic mass is 16.5. The van der Waals surface area contributed by atoms with Crippen molar-refractivity contribution >= 4 is 0 Å². The van der Waals surface area contributed by atoms with E-state index < -0.39 is 0 Å². The third kappa shape index (κ3) is 3.01. The Morgan fingerprint density at radius 2 is 2.06 bits per heavy atom. The molecule has 1 N–H and O–H groups in total. The highest BCUT2D eigenvalue weighted by Crippen LogP contribution is 2.35. The fourth-order valence-corrected chi connectivity index (χ4v) is 2.77. The molecular formula is C15H23NO. The molecule has 2 nitrogen and oxygen atoms in total. The second-order valence-electron chi connectivity index (χ2n) is 4.91. The minimum absolute atomic E-state index is 0.786. The average molecular weight is 233 g/mol. The van der Waals surface area contributed by atoms with Crippen LogP contribution in [0.3, 0.4) is 0 Å². The lowest BCUT2D eigenvalue weighted by molar-refractivity contribution is 0.409. The summed E-state index contributed by atoms with van der Waals surface area (Å²) in [5, 5.41) is 3.20. The fraction of sp³-hybridized carbons (Fsp3) is 0.600. The number of ether oxygens (including phenoxy) is 1. The Hall–Kier alpha value is -1.02. The summed E-state index contributed by atoms with van der Waals surface area (Å²) in [5.41, 5.74) is 2.85. The molecule has 0 aliphatic heterocycles. The molecule has 0 amide bonds. The highest BCUT2D eigenvalue weighted by Gasteiger charge is 2.18. The van der Waals surface area contributed by atoms with Gasteiger partial charge in [-0.2, -0.15) is 0 Å². The summed E-state index contributed by atoms with van der Waals surface area (Å²) in [6.45, 7) is 1.00. The molecule has 1 saturated carbocycles. The van der Waals surface area contributed by atoms with Crippen LogP contribution in [0.4, 0.5) is 0 Å². The lowest BCUT2D eigenvalue weighted by Gasteiger charge is -2.14. The van der Waals surface area contributed by atoms with E-state index in [0.29, 0.717) is 0 Å². The van der Waals surface area contributed by atoms with E-state index >= 15 is 0 Å². The van der Waals surface area contributed by atoms with Gasteiger partial charge in [-0.05, 0) is 56.0 Å². The Morgan fingerprint density at radius 3 is 2.71 bits per heavy atom. The molecule has 17 heavy (non-hydrogen) atoms. The van der Waals surface area contributed by atoms with Gasteiger partial charge >= 0.3 is 0 Å². The summed E-state index contributed by atoms with van der Waals surface area (Å²) >= 11 is 0. The number of likely N-dealkylation sites (N-methyl/N-ethyl adjacent to an activating group) is 1. The number of methoxy groups -OCH3 is 1. The maximum atomic E-state index is 5.43. The molecule has 0 radical (unpaired) electrons. The smallest absolute Gasteiger partial charge is 0.122 e. The van der Waals surface area contributed by atoms with E-state index in [9.17, 15) is 0 Å². The quantitative estimate of drug-likeness (QED) is 0.843. The lowest BCUT2D eigenvalue weighted by atomic mass is 9.95. The van der Waals surface area contributed by atoms with Crippen LogP contribution >= 0.6 is 0 Å². The maximum absolute atomic E-state index is 5.43. The zero-order valence-electron chi connectivity index (χ0n) is 11.0. The van der Waals surface area contributed by atoms with E-state index in [4.69, 9.17) is 4.74 Å². The van der Waals surface area contributed by atoms with Crippen molar-refractivity contribution in [2.75, 3.05) is 20.7 Å². The largest absolute Gasteiger partial charge is 0.496 e. The second kappa shape index (κ2) is 6.06. The van der Waals surface area contributed by atoms with Gasteiger partial charge in [-0.25, -0.2) is 0 Å². The van der Waals surface area contributed by atoms with Crippen LogP contribution in [0.15, 0.2) is 18.2 Å². The van der Waals surface area contributed by atoms with E-state index in [-0.39, 0.29) is 0 Å². The first-order chi connectivity index (χ1) is 8.35. The fourth-order valence-electron chi connectivity index (χ4n) is 2.77. The van der Waals surface area contributed by atoms with E-state index in [1.54, 1.807) is 7.11 Å². The van der Waals surface area contributed by atoms with Gasteiger partial charge in [0.05, 0.1) is 7.11 Å². The average Bonchev–Trinajstić information content (AvgIpc) is 2.89. The van der Waals surface area contributed by atoms with Crippen LogP contribution in [0.2, 0.25) is 0 Å². The molecule has 0 atom stereocenters. The topological polar surface area (TPSA) is 21.3 Å². The molecule has 1 aromatic carbocycles. The van der Waals surface area contributed by atoms with Gasteiger partial charge in [0.15, 0.2) is 0 Å². The lowest BCUT2D eigenvalue weighted by Crippen LogP contribution is -2.11. The highest BCUT2D eigenvalue weighted by molar-refractivity contribution is 5.39. The van der Waals surface area contributed by atoms with Gasteiger partial charge in [-0.3, -0.25) is 0 Å². The van der Waals surface area contributed by atoms with Gasteiger partial charge in [0.2, 0.25) is 0 Å². The third-order valence-corrected chi connectivity index (χ3v) is 3.78. The van der Waals surface area contributed by atoms with E-state index in [1.165, 1.54) is 36.8 Å². The molecule has 2 rings (SSSR count). The third-order valence-electron chi connectivity index (χ3n) is 3.78. The van der Waals surface area contributed by atoms with Crippen molar-refractivity contribution < 1.29 is 4.74 Å². The van der Waals surface area contributed by atoms with Gasteiger partial charge in [-0.1, -0.05) is 25.0 Å². The van der Waals surface area contributed by atoms with Gasteiger partial charge in [0, 0.05) is 0 Å². The minimum atomic E-state index is 0.786. The predicted molar refractivity (Wildman–Crippen MR) is 71.8 cm³/mol. The van der Waals surface area contributed by atoms with Crippen molar-refractivity contribution in [3.05, 3.63) is 29.3 Å². The molecule has 1 aromatic rings. The molecule has 0 saturated heterocycles. The zero-order chi connectivity index (χ0) is 12.1. The van der Waals surface area contributed by atoms with E-state index in [1.807, 2.05) is 7.05 Å². The first-order valence-electron chi connectivity index (χ1n) is 6.66. The van der Waals surface area contributed by atoms with Crippen molar-refractivity contribution in [3.8, 4) is 5.75 Å². The number of rotatable bonds is 5. The molecule has 1 aliphatic carbocycles. The summed E-state index contributed by atoms with van der Waals surface area (Å²) in [6.07, 6.45) is 6.54. The standard InChI is InChI=1S/C15H23NO/c1-16-10-9-14-11-13(7-8-15(14)17-2)12-5-3-4-6-12/h7-8,11-12,16H,3-6,9-10H2,1-2H3. The van der Waals surface area contributed by atoms with Crippen molar-refractivity contribution in [1.29, 1.82) is 0 Å². The molecule has 0 unspecified atom stereocenters. The number of hydrogen-bond acceptors (Lipinski definition) is 2. The van der Waals surface area contributed by atoms with Gasteiger partial charge in [0.25, 0.3) is 0 Å². The van der Waals surface area contributed by atoms with Gasteiger partial charge in [-0.15, -0.1) is 0 Å². The Kier molecular flexibility index (Phi) is 4.43. The van der Waals surface area contributed by atoms with Crippen LogP contribution in [0.25, 0.3) is 0 Å². The number of benzene rings is 1. The van der Waals surface area contributed by atoms with Crippen LogP contribution in [-0.4, -0.2) is 20.7 Å². The molecule has 0 bridgehead atoms. The van der Waals surface area contributed by atoms with Crippen LogP contribution in [0.1, 0.15) is 42.7 Å². The van der Waals surface area contributed by atoms with Crippen molar-refractivity contribution in [1.82, 2.24) is 5.32 Å². The summed E-state index contributed by atoms with van der Waals surface area (Å²) in [4.78, 5) is 0. The monoisotopic (exact) mass is 233 g/mol. The summed E-state index contributed by atoms with van der Waals surface area (Å²) < 4.78 is 5.43. The summed E-state index contributed by atoms with van der Waals surface area (Å²) in [6, 6.07) is 6.74. The normalized spacial score (nSPS) is 16.4. The molecule has 94 valence electrons. The molecule has 1 fully saturated rings. The Morgan fingerprint density at radius 1 is 1.29 bits per heavy atom. The van der Waals surface area contributed by atoms with Crippen molar-refractivity contribution in [2.24, 2.45) is 0 Å². The molecule has 0 aromatic heterocycles. The first kappa shape index (κ1) is 12.4. The predicted octanol–water partition coefficient (Wildman–Crippen LogP) is 3.11. The first-order valence-corrected chi connectivity index (χ1v) is 6.66. The van der Waals surface area contributed by atoms with Crippen molar-refractivity contribution in [3.63, 3.8) is 0 Å². The van der Waals surface area contributed by atoms with Crippen LogP contribution in [-0.2, 0) is 6.42 Å². The SMILES string of the molecule is CNCCc1cc(C2CCCC2)ccc1OC. The van der Waals surface area contributed by atoms with Gasteiger partial charge in [0.1, 0.15) is 5.75 Å². The second-order valence-corrected chi connectivity index (χ2v) is 4.91. The minimum Gasteiger partial charge on any atom is -0.496 e. The number of nitrogens with one attached hydrogen (secondary N) is 1. The zero-order valence-corrected chi connectivity index (χ0v) is 11.0. The Balaban J connectivity index is 2.17. The maximum Gasteiger partial charge on any atom is 0.122 e. The van der Waals surface area contributed by atoms with E-state index in [2.05, 4.69) is 23.5 Å². The van der Waals surface area contributed by atoms with E-state index in [0.717, 1.165) is 24.6 Å². The molecule has 2 heteroatoms.